The molecule has 0 aliphatic carbocycles. The van der Waals surface area contributed by atoms with E-state index in [0.717, 1.165) is 34.4 Å². The number of hydrogen-bond donors (Lipinski definition) is 1. The van der Waals surface area contributed by atoms with Gasteiger partial charge in [0.25, 0.3) is 11.1 Å². The zero-order chi connectivity index (χ0) is 15.8. The third-order valence-corrected chi connectivity index (χ3v) is 4.21. The van der Waals surface area contributed by atoms with Crippen molar-refractivity contribution in [3.8, 4) is 11.4 Å². The van der Waals surface area contributed by atoms with E-state index in [1.54, 1.807) is 18.5 Å². The van der Waals surface area contributed by atoms with Gasteiger partial charge in [0.05, 0.1) is 22.5 Å². The van der Waals surface area contributed by atoms with Crippen molar-refractivity contribution in [1.29, 1.82) is 0 Å². The van der Waals surface area contributed by atoms with Crippen LogP contribution in [0.3, 0.4) is 0 Å². The minimum absolute atomic E-state index is 0.348. The highest BCUT2D eigenvalue weighted by Crippen LogP contribution is 2.26. The highest BCUT2D eigenvalue weighted by Gasteiger charge is 2.24. The zero-order valence-corrected chi connectivity index (χ0v) is 12.6. The Labute approximate surface area is 135 Å². The number of imidazole rings is 1. The zero-order valence-electron chi connectivity index (χ0n) is 11.8. The van der Waals surface area contributed by atoms with Gasteiger partial charge in [-0.1, -0.05) is 6.07 Å². The van der Waals surface area contributed by atoms with E-state index in [-0.39, 0.29) is 11.1 Å². The van der Waals surface area contributed by atoms with Crippen molar-refractivity contribution in [3.63, 3.8) is 0 Å². The summed E-state index contributed by atoms with van der Waals surface area (Å²) >= 11 is 0.901. The number of thioether (sulfide) groups is 1. The Morgan fingerprint density at radius 1 is 1.13 bits per heavy atom. The molecule has 1 aliphatic heterocycles. The van der Waals surface area contributed by atoms with Crippen molar-refractivity contribution in [2.45, 2.75) is 0 Å². The molecule has 23 heavy (non-hydrogen) atoms. The molecule has 0 bridgehead atoms. The molecule has 2 amide bonds. The Bertz CT molecular complexity index is 963. The lowest BCUT2D eigenvalue weighted by atomic mass is 10.2. The van der Waals surface area contributed by atoms with Gasteiger partial charge in [-0.2, -0.15) is 0 Å². The summed E-state index contributed by atoms with van der Waals surface area (Å²) in [6.45, 7) is 0. The Kier molecular flexibility index (Phi) is 3.20. The Balaban J connectivity index is 1.80. The van der Waals surface area contributed by atoms with Crippen LogP contribution in [0.25, 0.3) is 23.1 Å². The fourth-order valence-electron chi connectivity index (χ4n) is 2.36. The monoisotopic (exact) mass is 322 g/mol. The maximum atomic E-state index is 11.6. The summed E-state index contributed by atoms with van der Waals surface area (Å²) in [6.07, 6.45) is 7.04. The maximum Gasteiger partial charge on any atom is 0.290 e. The summed E-state index contributed by atoms with van der Waals surface area (Å²) in [4.78, 5) is 32.0. The van der Waals surface area contributed by atoms with Gasteiger partial charge in [-0.3, -0.25) is 24.3 Å². The minimum atomic E-state index is -0.365. The summed E-state index contributed by atoms with van der Waals surface area (Å²) in [6, 6.07) is 9.40. The van der Waals surface area contributed by atoms with E-state index in [1.807, 2.05) is 40.9 Å². The second-order valence-electron chi connectivity index (χ2n) is 4.90. The van der Waals surface area contributed by atoms with Gasteiger partial charge in [-0.05, 0) is 47.7 Å². The molecule has 1 N–H and O–H groups in total. The van der Waals surface area contributed by atoms with Crippen molar-refractivity contribution in [2.24, 2.45) is 0 Å². The van der Waals surface area contributed by atoms with E-state index < -0.39 is 0 Å². The SMILES string of the molecule is O=C1NC(=O)/C(=C/c2ccc3ncc(-c4ccccn4)n3c2)S1. The van der Waals surface area contributed by atoms with Crippen molar-refractivity contribution >= 4 is 34.6 Å². The van der Waals surface area contributed by atoms with Crippen LogP contribution in [0.15, 0.2) is 53.8 Å². The smallest absolute Gasteiger partial charge is 0.290 e. The second kappa shape index (κ2) is 5.36. The molecule has 7 heteroatoms. The molecular weight excluding hydrogens is 312 g/mol. The van der Waals surface area contributed by atoms with Crippen LogP contribution in [-0.4, -0.2) is 25.5 Å². The number of carbonyl (C=O) groups is 2. The number of nitrogens with zero attached hydrogens (tertiary/aromatic N) is 3. The van der Waals surface area contributed by atoms with Gasteiger partial charge in [0.15, 0.2) is 0 Å². The summed E-state index contributed by atoms with van der Waals surface area (Å²) in [5.74, 6) is -0.365. The predicted octanol–water partition coefficient (Wildman–Crippen LogP) is 2.72. The number of aromatic nitrogens is 3. The van der Waals surface area contributed by atoms with Gasteiger partial charge < -0.3 is 0 Å². The van der Waals surface area contributed by atoms with E-state index in [1.165, 1.54) is 0 Å². The summed E-state index contributed by atoms with van der Waals surface area (Å²) < 4.78 is 1.91. The number of hydrogen-bond acceptors (Lipinski definition) is 5. The lowest BCUT2D eigenvalue weighted by Gasteiger charge is -2.02. The molecule has 0 aromatic carbocycles. The van der Waals surface area contributed by atoms with Gasteiger partial charge in [0.1, 0.15) is 5.65 Å². The topological polar surface area (TPSA) is 76.4 Å². The van der Waals surface area contributed by atoms with Crippen LogP contribution in [-0.2, 0) is 4.79 Å². The molecule has 3 aromatic heterocycles. The number of nitrogens with one attached hydrogen (secondary N) is 1. The number of amides is 2. The molecule has 0 unspecified atom stereocenters. The number of imide groups is 1. The summed E-state index contributed by atoms with van der Waals surface area (Å²) in [5, 5.41) is 1.90. The molecule has 4 heterocycles. The first-order valence-electron chi connectivity index (χ1n) is 6.84. The maximum absolute atomic E-state index is 11.6. The Hall–Kier alpha value is -2.93. The van der Waals surface area contributed by atoms with Crippen molar-refractivity contribution in [3.05, 3.63) is 59.4 Å². The first kappa shape index (κ1) is 13.7. The third-order valence-electron chi connectivity index (χ3n) is 3.40. The van der Waals surface area contributed by atoms with Crippen molar-refractivity contribution < 1.29 is 9.59 Å². The van der Waals surface area contributed by atoms with Crippen LogP contribution in [0.4, 0.5) is 4.79 Å². The van der Waals surface area contributed by atoms with E-state index in [4.69, 9.17) is 0 Å². The molecule has 0 radical (unpaired) electrons. The number of pyridine rings is 2. The van der Waals surface area contributed by atoms with Gasteiger partial charge in [-0.15, -0.1) is 0 Å². The largest absolute Gasteiger partial charge is 0.298 e. The lowest BCUT2D eigenvalue weighted by Crippen LogP contribution is -2.17. The fourth-order valence-corrected chi connectivity index (χ4v) is 3.04. The Morgan fingerprint density at radius 2 is 2.04 bits per heavy atom. The highest BCUT2D eigenvalue weighted by atomic mass is 32.2. The van der Waals surface area contributed by atoms with Crippen LogP contribution < -0.4 is 5.32 Å². The minimum Gasteiger partial charge on any atom is -0.298 e. The van der Waals surface area contributed by atoms with E-state index >= 15 is 0 Å². The third kappa shape index (κ3) is 2.51. The van der Waals surface area contributed by atoms with Crippen LogP contribution in [0.1, 0.15) is 5.56 Å². The summed E-state index contributed by atoms with van der Waals surface area (Å²) in [7, 11) is 0. The van der Waals surface area contributed by atoms with E-state index in [9.17, 15) is 9.59 Å². The van der Waals surface area contributed by atoms with Crippen LogP contribution >= 0.6 is 11.8 Å². The molecule has 6 nitrogen and oxygen atoms in total. The predicted molar refractivity (Wildman–Crippen MR) is 87.5 cm³/mol. The standard InChI is InChI=1S/C16H10N4O2S/c21-15-13(23-16(22)19-15)7-10-4-5-14-18-8-12(20(14)9-10)11-3-1-2-6-17-11/h1-9H,(H,19,21,22)/b13-7-. The van der Waals surface area contributed by atoms with Crippen LogP contribution in [0, 0.1) is 0 Å². The van der Waals surface area contributed by atoms with Crippen LogP contribution in [0.5, 0.6) is 0 Å². The molecular formula is C16H10N4O2S. The van der Waals surface area contributed by atoms with Gasteiger partial charge in [-0.25, -0.2) is 4.98 Å². The average Bonchev–Trinajstić information content (AvgIpc) is 3.11. The average molecular weight is 322 g/mol. The molecule has 1 aliphatic rings. The van der Waals surface area contributed by atoms with E-state index in [2.05, 4.69) is 15.3 Å². The fraction of sp³-hybridized carbons (Fsp3) is 0. The summed E-state index contributed by atoms with van der Waals surface area (Å²) in [5.41, 5.74) is 3.26. The van der Waals surface area contributed by atoms with Crippen LogP contribution in [0.2, 0.25) is 0 Å². The molecule has 0 spiro atoms. The molecule has 0 saturated carbocycles. The normalized spacial score (nSPS) is 16.3. The molecule has 1 saturated heterocycles. The van der Waals surface area contributed by atoms with Gasteiger partial charge in [0.2, 0.25) is 0 Å². The molecule has 4 rings (SSSR count). The van der Waals surface area contributed by atoms with Gasteiger partial charge in [0, 0.05) is 12.4 Å². The Morgan fingerprint density at radius 3 is 2.78 bits per heavy atom. The quantitative estimate of drug-likeness (QED) is 0.734. The lowest BCUT2D eigenvalue weighted by molar-refractivity contribution is -0.115. The molecule has 1 fully saturated rings. The first-order valence-corrected chi connectivity index (χ1v) is 7.66. The number of carbonyl (C=O) groups excluding carboxylic acids is 2. The second-order valence-corrected chi connectivity index (χ2v) is 5.92. The van der Waals surface area contributed by atoms with Gasteiger partial charge >= 0.3 is 0 Å². The number of fused-ring (bicyclic) bond motifs is 1. The first-order chi connectivity index (χ1) is 11.2. The van der Waals surface area contributed by atoms with Crippen molar-refractivity contribution in [2.75, 3.05) is 0 Å². The molecule has 3 aromatic rings. The van der Waals surface area contributed by atoms with Crippen molar-refractivity contribution in [1.82, 2.24) is 19.7 Å². The molecule has 0 atom stereocenters. The number of rotatable bonds is 2. The van der Waals surface area contributed by atoms with E-state index in [0.29, 0.717) is 4.91 Å². The molecule has 112 valence electrons. The highest BCUT2D eigenvalue weighted by molar-refractivity contribution is 8.18.